The van der Waals surface area contributed by atoms with Gasteiger partial charge in [-0.2, -0.15) is 0 Å². The van der Waals surface area contributed by atoms with E-state index in [0.717, 1.165) is 5.56 Å². The molecule has 0 amide bonds. The molecule has 1 aromatic carbocycles. The van der Waals surface area contributed by atoms with Gasteiger partial charge < -0.3 is 10.0 Å². The number of carboxylic acid groups (broad SMARTS) is 1. The number of aryl methyl sites for hydroxylation is 1. The molecule has 0 spiro atoms. The van der Waals surface area contributed by atoms with Gasteiger partial charge >= 0.3 is 5.97 Å². The van der Waals surface area contributed by atoms with Crippen LogP contribution < -0.4 is 4.90 Å². The highest BCUT2D eigenvalue weighted by Gasteiger charge is 2.41. The van der Waals surface area contributed by atoms with Gasteiger partial charge in [-0.1, -0.05) is 6.07 Å². The molecule has 19 heavy (non-hydrogen) atoms. The molecule has 0 radical (unpaired) electrons. The van der Waals surface area contributed by atoms with E-state index in [0.29, 0.717) is 25.2 Å². The molecule has 0 aromatic heterocycles. The fourth-order valence-corrected chi connectivity index (χ4v) is 2.39. The normalized spacial score (nSPS) is 22.5. The van der Waals surface area contributed by atoms with Crippen molar-refractivity contribution in [2.24, 2.45) is 5.41 Å². The summed E-state index contributed by atoms with van der Waals surface area (Å²) in [5, 5.41) is 20.3. The van der Waals surface area contributed by atoms with E-state index in [1.807, 2.05) is 0 Å². The Labute approximate surface area is 110 Å². The second kappa shape index (κ2) is 4.53. The van der Waals surface area contributed by atoms with Crippen molar-refractivity contribution in [3.05, 3.63) is 33.9 Å². The van der Waals surface area contributed by atoms with Gasteiger partial charge in [-0.15, -0.1) is 0 Å². The van der Waals surface area contributed by atoms with Crippen LogP contribution in [0.4, 0.5) is 11.4 Å². The maximum Gasteiger partial charge on any atom is 0.311 e. The Bertz CT molecular complexity index is 543. The molecule has 1 atom stereocenters. The van der Waals surface area contributed by atoms with Crippen molar-refractivity contribution in [2.45, 2.75) is 20.3 Å². The summed E-state index contributed by atoms with van der Waals surface area (Å²) >= 11 is 0. The molecule has 102 valence electrons. The monoisotopic (exact) mass is 264 g/mol. The summed E-state index contributed by atoms with van der Waals surface area (Å²) in [7, 11) is 0. The molecule has 6 nitrogen and oxygen atoms in total. The Morgan fingerprint density at radius 2 is 2.21 bits per heavy atom. The number of aliphatic carboxylic acids is 1. The van der Waals surface area contributed by atoms with Gasteiger partial charge in [0.1, 0.15) is 5.69 Å². The average molecular weight is 264 g/mol. The number of nitro benzene ring substituents is 1. The number of benzene rings is 1. The molecule has 0 saturated carbocycles. The molecule has 1 aliphatic heterocycles. The van der Waals surface area contributed by atoms with Gasteiger partial charge in [0, 0.05) is 19.2 Å². The van der Waals surface area contributed by atoms with Crippen molar-refractivity contribution in [1.29, 1.82) is 0 Å². The Hall–Kier alpha value is -2.11. The fourth-order valence-electron chi connectivity index (χ4n) is 2.39. The van der Waals surface area contributed by atoms with Crippen LogP contribution in [0.1, 0.15) is 18.9 Å². The number of carboxylic acids is 1. The van der Waals surface area contributed by atoms with Gasteiger partial charge in [-0.3, -0.25) is 14.9 Å². The molecular formula is C13H16N2O4. The van der Waals surface area contributed by atoms with Crippen LogP contribution in [0.15, 0.2) is 18.2 Å². The Kier molecular flexibility index (Phi) is 3.18. The van der Waals surface area contributed by atoms with Gasteiger partial charge in [0.25, 0.3) is 5.69 Å². The highest BCUT2D eigenvalue weighted by Crippen LogP contribution is 2.37. The number of hydrogen-bond donors (Lipinski definition) is 1. The molecule has 2 rings (SSSR count). The van der Waals surface area contributed by atoms with Crippen molar-refractivity contribution in [3.63, 3.8) is 0 Å². The van der Waals surface area contributed by atoms with Crippen LogP contribution in [0.5, 0.6) is 0 Å². The number of anilines is 1. The molecule has 1 unspecified atom stereocenters. The summed E-state index contributed by atoms with van der Waals surface area (Å²) < 4.78 is 0. The van der Waals surface area contributed by atoms with E-state index >= 15 is 0 Å². The first-order chi connectivity index (χ1) is 8.83. The summed E-state index contributed by atoms with van der Waals surface area (Å²) in [6.45, 7) is 4.29. The average Bonchev–Trinajstić information content (AvgIpc) is 2.73. The zero-order valence-electron chi connectivity index (χ0n) is 10.9. The van der Waals surface area contributed by atoms with E-state index in [9.17, 15) is 20.0 Å². The molecule has 1 N–H and O–H groups in total. The molecule has 1 saturated heterocycles. The lowest BCUT2D eigenvalue weighted by Gasteiger charge is -2.21. The van der Waals surface area contributed by atoms with Crippen molar-refractivity contribution in [1.82, 2.24) is 0 Å². The third-order valence-electron chi connectivity index (χ3n) is 3.66. The van der Waals surface area contributed by atoms with E-state index < -0.39 is 16.3 Å². The van der Waals surface area contributed by atoms with Crippen molar-refractivity contribution < 1.29 is 14.8 Å². The minimum absolute atomic E-state index is 0.0367. The second-order valence-corrected chi connectivity index (χ2v) is 5.29. The minimum atomic E-state index is -0.857. The van der Waals surface area contributed by atoms with E-state index in [-0.39, 0.29) is 5.69 Å². The predicted octanol–water partition coefficient (Wildman–Crippen LogP) is 2.20. The van der Waals surface area contributed by atoms with Crippen LogP contribution in [0.3, 0.4) is 0 Å². The predicted molar refractivity (Wildman–Crippen MR) is 70.4 cm³/mol. The SMILES string of the molecule is Cc1ccc(N2CCC(C)(C(=O)O)C2)c([N+](=O)[O-])c1. The molecule has 0 bridgehead atoms. The van der Waals surface area contributed by atoms with Crippen molar-refractivity contribution >= 4 is 17.3 Å². The summed E-state index contributed by atoms with van der Waals surface area (Å²) in [6, 6.07) is 5.02. The van der Waals surface area contributed by atoms with Crippen molar-refractivity contribution in [2.75, 3.05) is 18.0 Å². The topological polar surface area (TPSA) is 83.7 Å². The van der Waals surface area contributed by atoms with Crippen LogP contribution in [0.25, 0.3) is 0 Å². The van der Waals surface area contributed by atoms with Crippen LogP contribution in [0, 0.1) is 22.5 Å². The molecule has 1 aliphatic rings. The lowest BCUT2D eigenvalue weighted by atomic mass is 9.90. The first kappa shape index (κ1) is 13.3. The fraction of sp³-hybridized carbons (Fsp3) is 0.462. The molecular weight excluding hydrogens is 248 g/mol. The highest BCUT2D eigenvalue weighted by atomic mass is 16.6. The lowest BCUT2D eigenvalue weighted by molar-refractivity contribution is -0.384. The first-order valence-corrected chi connectivity index (χ1v) is 6.07. The van der Waals surface area contributed by atoms with Crippen LogP contribution in [-0.2, 0) is 4.79 Å². The Morgan fingerprint density at radius 1 is 1.53 bits per heavy atom. The Balaban J connectivity index is 2.34. The van der Waals surface area contributed by atoms with Gasteiger partial charge in [0.05, 0.1) is 10.3 Å². The minimum Gasteiger partial charge on any atom is -0.481 e. The number of rotatable bonds is 3. The summed E-state index contributed by atoms with van der Waals surface area (Å²) in [6.07, 6.45) is 0.493. The maximum absolute atomic E-state index is 11.2. The largest absolute Gasteiger partial charge is 0.481 e. The summed E-state index contributed by atoms with van der Waals surface area (Å²) in [5.41, 5.74) is 0.518. The molecule has 6 heteroatoms. The van der Waals surface area contributed by atoms with E-state index in [1.54, 1.807) is 30.9 Å². The zero-order valence-corrected chi connectivity index (χ0v) is 10.9. The second-order valence-electron chi connectivity index (χ2n) is 5.29. The third-order valence-corrected chi connectivity index (χ3v) is 3.66. The van der Waals surface area contributed by atoms with Crippen LogP contribution in [0.2, 0.25) is 0 Å². The van der Waals surface area contributed by atoms with Gasteiger partial charge in [0.15, 0.2) is 0 Å². The molecule has 1 fully saturated rings. The molecule has 1 aromatic rings. The lowest BCUT2D eigenvalue weighted by Crippen LogP contribution is -2.31. The number of nitrogens with zero attached hydrogens (tertiary/aromatic N) is 2. The van der Waals surface area contributed by atoms with Gasteiger partial charge in [0.2, 0.25) is 0 Å². The standard InChI is InChI=1S/C13H16N2O4/c1-9-3-4-10(11(7-9)15(18)19)14-6-5-13(2,8-14)12(16)17/h3-4,7H,5-6,8H2,1-2H3,(H,16,17). The quantitative estimate of drug-likeness (QED) is 0.668. The first-order valence-electron chi connectivity index (χ1n) is 6.07. The van der Waals surface area contributed by atoms with Crippen molar-refractivity contribution in [3.8, 4) is 0 Å². The summed E-state index contributed by atoms with van der Waals surface area (Å²) in [5.74, 6) is -0.857. The zero-order chi connectivity index (χ0) is 14.2. The number of carbonyl (C=O) groups is 1. The van der Waals surface area contributed by atoms with Crippen LogP contribution in [-0.4, -0.2) is 29.1 Å². The maximum atomic E-state index is 11.2. The van der Waals surface area contributed by atoms with Gasteiger partial charge in [-0.05, 0) is 31.9 Å². The van der Waals surface area contributed by atoms with E-state index in [1.165, 1.54) is 6.07 Å². The molecule has 1 heterocycles. The smallest absolute Gasteiger partial charge is 0.311 e. The Morgan fingerprint density at radius 3 is 2.74 bits per heavy atom. The van der Waals surface area contributed by atoms with Crippen LogP contribution >= 0.6 is 0 Å². The highest BCUT2D eigenvalue weighted by molar-refractivity contribution is 5.77. The summed E-state index contributed by atoms with van der Waals surface area (Å²) in [4.78, 5) is 23.7. The van der Waals surface area contributed by atoms with Gasteiger partial charge in [-0.25, -0.2) is 0 Å². The molecule has 0 aliphatic carbocycles. The van der Waals surface area contributed by atoms with E-state index in [2.05, 4.69) is 0 Å². The number of hydrogen-bond acceptors (Lipinski definition) is 4. The van der Waals surface area contributed by atoms with E-state index in [4.69, 9.17) is 0 Å². The third kappa shape index (κ3) is 2.38. The number of nitro groups is 1.